The SMILES string of the molecule is C.CCOC(=O)c1c(N2CCN(C(=O)c3ccc(Cl)c(Cl)c3)CC2)c2ccccc2n(C)c1=O. The van der Waals surface area contributed by atoms with Gasteiger partial charge >= 0.3 is 5.97 Å². The van der Waals surface area contributed by atoms with Crippen molar-refractivity contribution in [1.82, 2.24) is 9.47 Å². The lowest BCUT2D eigenvalue weighted by molar-refractivity contribution is 0.0523. The molecule has 1 saturated heterocycles. The Morgan fingerprint density at radius 3 is 2.32 bits per heavy atom. The van der Waals surface area contributed by atoms with E-state index in [9.17, 15) is 14.4 Å². The molecule has 3 aromatic rings. The maximum Gasteiger partial charge on any atom is 0.345 e. The predicted octanol–water partition coefficient (Wildman–Crippen LogP) is 4.62. The number of ether oxygens (including phenoxy) is 1. The highest BCUT2D eigenvalue weighted by molar-refractivity contribution is 6.42. The molecule has 0 atom stereocenters. The van der Waals surface area contributed by atoms with Gasteiger partial charge in [0.05, 0.1) is 27.9 Å². The van der Waals surface area contributed by atoms with Crippen molar-refractivity contribution >= 4 is 51.7 Å². The molecule has 0 saturated carbocycles. The fourth-order valence-electron chi connectivity index (χ4n) is 4.14. The number of rotatable bonds is 4. The summed E-state index contributed by atoms with van der Waals surface area (Å²) < 4.78 is 6.68. The standard InChI is InChI=1S/C24H23Cl2N3O4.CH4/c1-3-33-24(32)20-21(16-6-4-5-7-19(16)27(2)23(20)31)28-10-12-29(13-11-28)22(30)15-8-9-17(25)18(26)14-15;/h4-9,14H,3,10-13H2,1-2H3;1H4. The third-order valence-corrected chi connectivity index (χ3v) is 6.54. The third-order valence-electron chi connectivity index (χ3n) is 5.81. The molecule has 0 unspecified atom stereocenters. The number of nitrogens with zero attached hydrogens (tertiary/aromatic N) is 3. The van der Waals surface area contributed by atoms with Crippen LogP contribution in [0.1, 0.15) is 35.1 Å². The molecule has 1 aliphatic heterocycles. The number of anilines is 1. The Bertz CT molecular complexity index is 1300. The van der Waals surface area contributed by atoms with Gasteiger partial charge in [0, 0.05) is 44.2 Å². The molecule has 2 aromatic carbocycles. The van der Waals surface area contributed by atoms with Crippen molar-refractivity contribution in [2.45, 2.75) is 14.4 Å². The topological polar surface area (TPSA) is 71.8 Å². The van der Waals surface area contributed by atoms with Crippen LogP contribution in [-0.2, 0) is 11.8 Å². The number of carbonyl (C=O) groups is 2. The Kier molecular flexibility index (Phi) is 7.89. The van der Waals surface area contributed by atoms with E-state index in [1.54, 1.807) is 37.1 Å². The fourth-order valence-corrected chi connectivity index (χ4v) is 4.44. The van der Waals surface area contributed by atoms with Gasteiger partial charge in [-0.25, -0.2) is 4.79 Å². The van der Waals surface area contributed by atoms with Crippen molar-refractivity contribution in [3.8, 4) is 0 Å². The average molecular weight is 504 g/mol. The van der Waals surface area contributed by atoms with E-state index in [1.165, 1.54) is 4.57 Å². The number of para-hydroxylation sites is 1. The number of hydrogen-bond donors (Lipinski definition) is 0. The van der Waals surface area contributed by atoms with Crippen molar-refractivity contribution in [2.24, 2.45) is 7.05 Å². The lowest BCUT2D eigenvalue weighted by Gasteiger charge is -2.37. The van der Waals surface area contributed by atoms with Crippen LogP contribution in [0.25, 0.3) is 10.9 Å². The van der Waals surface area contributed by atoms with E-state index in [0.717, 1.165) is 10.9 Å². The minimum atomic E-state index is -0.645. The smallest absolute Gasteiger partial charge is 0.345 e. The lowest BCUT2D eigenvalue weighted by Crippen LogP contribution is -2.49. The molecule has 34 heavy (non-hydrogen) atoms. The summed E-state index contributed by atoms with van der Waals surface area (Å²) in [6.07, 6.45) is 0. The Labute approximate surface area is 208 Å². The zero-order chi connectivity index (χ0) is 23.7. The van der Waals surface area contributed by atoms with Crippen LogP contribution >= 0.6 is 23.2 Å². The molecule has 4 rings (SSSR count). The molecular formula is C25H27Cl2N3O4. The zero-order valence-corrected chi connectivity index (χ0v) is 19.8. The van der Waals surface area contributed by atoms with E-state index in [2.05, 4.69) is 0 Å². The van der Waals surface area contributed by atoms with E-state index < -0.39 is 11.5 Å². The van der Waals surface area contributed by atoms with Gasteiger partial charge in [-0.2, -0.15) is 0 Å². The summed E-state index contributed by atoms with van der Waals surface area (Å²) >= 11 is 12.0. The molecule has 0 N–H and O–H groups in total. The number of fused-ring (bicyclic) bond motifs is 1. The molecule has 2 heterocycles. The van der Waals surface area contributed by atoms with E-state index in [1.807, 2.05) is 29.2 Å². The molecule has 1 aliphatic rings. The molecule has 1 aromatic heterocycles. The molecule has 0 bridgehead atoms. The van der Waals surface area contributed by atoms with E-state index in [0.29, 0.717) is 47.5 Å². The van der Waals surface area contributed by atoms with E-state index in [-0.39, 0.29) is 25.5 Å². The second-order valence-corrected chi connectivity index (χ2v) is 8.55. The number of esters is 1. The van der Waals surface area contributed by atoms with Crippen molar-refractivity contribution in [1.29, 1.82) is 0 Å². The van der Waals surface area contributed by atoms with Gasteiger partial charge in [0.15, 0.2) is 0 Å². The van der Waals surface area contributed by atoms with Crippen LogP contribution in [0.5, 0.6) is 0 Å². The van der Waals surface area contributed by atoms with Crippen LogP contribution in [0, 0.1) is 0 Å². The van der Waals surface area contributed by atoms with Crippen molar-refractivity contribution in [3.05, 3.63) is 74.0 Å². The summed E-state index contributed by atoms with van der Waals surface area (Å²) in [5, 5.41) is 1.50. The van der Waals surface area contributed by atoms with Crippen LogP contribution in [0.2, 0.25) is 10.0 Å². The van der Waals surface area contributed by atoms with Crippen LogP contribution in [0.4, 0.5) is 5.69 Å². The molecule has 0 aliphatic carbocycles. The third kappa shape index (κ3) is 4.63. The first-order valence-corrected chi connectivity index (χ1v) is 11.4. The zero-order valence-electron chi connectivity index (χ0n) is 18.3. The second-order valence-electron chi connectivity index (χ2n) is 7.73. The van der Waals surface area contributed by atoms with Gasteiger partial charge in [0.1, 0.15) is 5.56 Å². The summed E-state index contributed by atoms with van der Waals surface area (Å²) in [4.78, 5) is 42.6. The van der Waals surface area contributed by atoms with Gasteiger partial charge in [-0.05, 0) is 31.2 Å². The Balaban J connectivity index is 0.00000324. The number of piperazine rings is 1. The molecule has 0 spiro atoms. The second kappa shape index (κ2) is 10.5. The van der Waals surface area contributed by atoms with Gasteiger partial charge in [-0.1, -0.05) is 48.8 Å². The lowest BCUT2D eigenvalue weighted by atomic mass is 10.1. The number of hydrogen-bond acceptors (Lipinski definition) is 5. The largest absolute Gasteiger partial charge is 0.462 e. The maximum absolute atomic E-state index is 13.1. The molecule has 0 radical (unpaired) electrons. The van der Waals surface area contributed by atoms with Crippen molar-refractivity contribution in [2.75, 3.05) is 37.7 Å². The number of carbonyl (C=O) groups excluding carboxylic acids is 2. The number of pyridine rings is 1. The minimum absolute atomic E-state index is 0. The monoisotopic (exact) mass is 503 g/mol. The summed E-state index contributed by atoms with van der Waals surface area (Å²) in [5.74, 6) is -0.791. The Morgan fingerprint density at radius 1 is 1.00 bits per heavy atom. The first-order valence-electron chi connectivity index (χ1n) is 10.6. The minimum Gasteiger partial charge on any atom is -0.462 e. The van der Waals surface area contributed by atoms with Crippen molar-refractivity contribution in [3.63, 3.8) is 0 Å². The highest BCUT2D eigenvalue weighted by Gasteiger charge is 2.29. The number of halogens is 2. The quantitative estimate of drug-likeness (QED) is 0.485. The maximum atomic E-state index is 13.1. The summed E-state index contributed by atoms with van der Waals surface area (Å²) in [6, 6.07) is 12.3. The predicted molar refractivity (Wildman–Crippen MR) is 136 cm³/mol. The molecule has 7 nitrogen and oxygen atoms in total. The van der Waals surface area contributed by atoms with Crippen LogP contribution in [0.15, 0.2) is 47.3 Å². The Morgan fingerprint density at radius 2 is 1.68 bits per heavy atom. The summed E-state index contributed by atoms with van der Waals surface area (Å²) in [6.45, 7) is 3.62. The highest BCUT2D eigenvalue weighted by atomic mass is 35.5. The summed E-state index contributed by atoms with van der Waals surface area (Å²) in [7, 11) is 1.64. The van der Waals surface area contributed by atoms with Gasteiger partial charge in [-0.15, -0.1) is 0 Å². The number of benzene rings is 2. The number of amides is 1. The fraction of sp³-hybridized carbons (Fsp3) is 0.320. The van der Waals surface area contributed by atoms with Crippen molar-refractivity contribution < 1.29 is 14.3 Å². The van der Waals surface area contributed by atoms with E-state index in [4.69, 9.17) is 27.9 Å². The highest BCUT2D eigenvalue weighted by Crippen LogP contribution is 2.30. The molecular weight excluding hydrogens is 477 g/mol. The first-order chi connectivity index (χ1) is 15.8. The van der Waals surface area contributed by atoms with Gasteiger partial charge < -0.3 is 19.1 Å². The van der Waals surface area contributed by atoms with E-state index >= 15 is 0 Å². The van der Waals surface area contributed by atoms with Gasteiger partial charge in [0.2, 0.25) is 0 Å². The van der Waals surface area contributed by atoms with Crippen LogP contribution in [-0.4, -0.2) is 54.1 Å². The number of aromatic nitrogens is 1. The molecule has 1 amide bonds. The van der Waals surface area contributed by atoms with Crippen LogP contribution < -0.4 is 10.5 Å². The average Bonchev–Trinajstić information content (AvgIpc) is 2.82. The normalized spacial score (nSPS) is 13.5. The molecule has 1 fully saturated rings. The van der Waals surface area contributed by atoms with Crippen LogP contribution in [0.3, 0.4) is 0 Å². The summed E-state index contributed by atoms with van der Waals surface area (Å²) in [5.41, 5.74) is 1.34. The first kappa shape index (κ1) is 25.6. The molecule has 9 heteroatoms. The number of aryl methyl sites for hydroxylation is 1. The Hall–Kier alpha value is -3.03. The molecule has 180 valence electrons. The van der Waals surface area contributed by atoms with Gasteiger partial charge in [-0.3, -0.25) is 9.59 Å². The van der Waals surface area contributed by atoms with Gasteiger partial charge in [0.25, 0.3) is 11.5 Å².